The Morgan fingerprint density at radius 1 is 1.06 bits per heavy atom. The van der Waals surface area contributed by atoms with Gasteiger partial charge in [0.1, 0.15) is 11.5 Å². The maximum Gasteiger partial charge on any atom is 0.261 e. The number of carbonyl (C=O) groups excluding carboxylic acids is 1. The van der Waals surface area contributed by atoms with E-state index in [-0.39, 0.29) is 17.2 Å². The zero-order valence-electron chi connectivity index (χ0n) is 17.1. The molecule has 2 aromatic carbocycles. The largest absolute Gasteiger partial charge is 0.346 e. The third-order valence-electron chi connectivity index (χ3n) is 4.79. The van der Waals surface area contributed by atoms with Crippen LogP contribution in [0.5, 0.6) is 0 Å². The number of carbonyl (C=O) groups is 1. The van der Waals surface area contributed by atoms with Gasteiger partial charge in [0.05, 0.1) is 5.39 Å². The summed E-state index contributed by atoms with van der Waals surface area (Å²) < 4.78 is 13.0. The summed E-state index contributed by atoms with van der Waals surface area (Å²) in [5, 5.41) is 1.11. The molecule has 0 aliphatic rings. The molecule has 0 saturated heterocycles. The molecule has 2 N–H and O–H groups in total. The topological polar surface area (TPSA) is 81.8 Å². The average Bonchev–Trinajstić information content (AvgIpc) is 3.15. The van der Waals surface area contributed by atoms with Crippen LogP contribution in [0.25, 0.3) is 11.0 Å². The van der Waals surface area contributed by atoms with E-state index < -0.39 is 0 Å². The molecule has 158 valence electrons. The fourth-order valence-electron chi connectivity index (χ4n) is 3.29. The number of halogens is 1. The van der Waals surface area contributed by atoms with E-state index in [4.69, 9.17) is 0 Å². The van der Waals surface area contributed by atoms with Crippen molar-refractivity contribution in [2.75, 3.05) is 14.1 Å². The number of aromatic amines is 2. The quantitative estimate of drug-likeness (QED) is 0.260. The molecule has 4 aromatic rings. The smallest absolute Gasteiger partial charge is 0.261 e. The van der Waals surface area contributed by atoms with Gasteiger partial charge in [-0.3, -0.25) is 9.59 Å². The van der Waals surface area contributed by atoms with Gasteiger partial charge in [0.25, 0.3) is 5.56 Å². The summed E-state index contributed by atoms with van der Waals surface area (Å²) in [6.07, 6.45) is 1.82. The second-order valence-electron chi connectivity index (χ2n) is 7.47. The maximum absolute atomic E-state index is 13.0. The summed E-state index contributed by atoms with van der Waals surface area (Å²) >= 11 is 1.41. The Hall–Kier alpha value is -3.23. The van der Waals surface area contributed by atoms with E-state index in [2.05, 4.69) is 15.0 Å². The Morgan fingerprint density at radius 2 is 1.71 bits per heavy atom. The van der Waals surface area contributed by atoms with Crippen molar-refractivity contribution in [1.29, 1.82) is 0 Å². The molecule has 0 saturated carbocycles. The molecule has 0 atom stereocenters. The predicted molar refractivity (Wildman–Crippen MR) is 120 cm³/mol. The maximum atomic E-state index is 13.0. The average molecular weight is 437 g/mol. The molecular weight excluding hydrogens is 415 g/mol. The lowest BCUT2D eigenvalue weighted by Crippen LogP contribution is -2.14. The van der Waals surface area contributed by atoms with E-state index in [1.54, 1.807) is 12.1 Å². The first-order valence-corrected chi connectivity index (χ1v) is 10.7. The van der Waals surface area contributed by atoms with Crippen molar-refractivity contribution >= 4 is 28.6 Å². The first-order valence-electron chi connectivity index (χ1n) is 9.68. The Kier molecular flexibility index (Phi) is 6.01. The molecule has 4 rings (SSSR count). The minimum absolute atomic E-state index is 0.157. The number of H-pyrrole nitrogens is 2. The predicted octanol–water partition coefficient (Wildman–Crippen LogP) is 3.98. The van der Waals surface area contributed by atoms with Crippen molar-refractivity contribution < 1.29 is 9.18 Å². The standard InChI is InChI=1S/C23H21FN4O2S/c1-28(2)12-17-11-25-21-19(17)22(30)27-23(26-21)31-13-14-3-5-15(6-4-14)20(29)16-7-9-18(24)10-8-16/h3-11H,12-13H2,1-2H3,(H2,25,26,27,30). The number of nitrogens with one attached hydrogen (secondary N) is 2. The number of nitrogens with zero attached hydrogens (tertiary/aromatic N) is 2. The molecule has 2 aromatic heterocycles. The highest BCUT2D eigenvalue weighted by molar-refractivity contribution is 7.98. The van der Waals surface area contributed by atoms with Crippen molar-refractivity contribution in [1.82, 2.24) is 19.9 Å². The van der Waals surface area contributed by atoms with Gasteiger partial charge in [-0.25, -0.2) is 9.37 Å². The van der Waals surface area contributed by atoms with E-state index in [1.807, 2.05) is 37.3 Å². The van der Waals surface area contributed by atoms with Crippen LogP contribution in [0, 0.1) is 5.82 Å². The van der Waals surface area contributed by atoms with Crippen molar-refractivity contribution in [2.45, 2.75) is 17.5 Å². The lowest BCUT2D eigenvalue weighted by Gasteiger charge is -2.07. The van der Waals surface area contributed by atoms with E-state index in [1.165, 1.54) is 36.0 Å². The number of ketones is 1. The van der Waals surface area contributed by atoms with Gasteiger partial charge in [-0.1, -0.05) is 36.0 Å². The van der Waals surface area contributed by atoms with Gasteiger partial charge in [0.2, 0.25) is 0 Å². The number of fused-ring (bicyclic) bond motifs is 1. The fraction of sp³-hybridized carbons (Fsp3) is 0.174. The molecule has 0 spiro atoms. The van der Waals surface area contributed by atoms with Crippen LogP contribution in [-0.2, 0) is 12.3 Å². The van der Waals surface area contributed by atoms with E-state index >= 15 is 0 Å². The Morgan fingerprint density at radius 3 is 2.35 bits per heavy atom. The molecule has 0 unspecified atom stereocenters. The highest BCUT2D eigenvalue weighted by Gasteiger charge is 2.13. The zero-order valence-corrected chi connectivity index (χ0v) is 17.9. The molecule has 2 heterocycles. The summed E-state index contributed by atoms with van der Waals surface area (Å²) in [5.74, 6) is 0.0584. The van der Waals surface area contributed by atoms with Crippen LogP contribution in [0.2, 0.25) is 0 Å². The molecule has 0 aliphatic heterocycles. The fourth-order valence-corrected chi connectivity index (χ4v) is 4.10. The third kappa shape index (κ3) is 4.76. The molecule has 0 fully saturated rings. The third-order valence-corrected chi connectivity index (χ3v) is 5.73. The van der Waals surface area contributed by atoms with Crippen molar-refractivity contribution in [3.8, 4) is 0 Å². The summed E-state index contributed by atoms with van der Waals surface area (Å²) in [4.78, 5) is 37.5. The molecule has 31 heavy (non-hydrogen) atoms. The first kappa shape index (κ1) is 21.0. The summed E-state index contributed by atoms with van der Waals surface area (Å²) in [5.41, 5.74) is 3.29. The Labute approximate surface area is 182 Å². The summed E-state index contributed by atoms with van der Waals surface area (Å²) in [6, 6.07) is 12.7. The van der Waals surface area contributed by atoms with Gasteiger partial charge < -0.3 is 14.9 Å². The van der Waals surface area contributed by atoms with Gasteiger partial charge in [0.15, 0.2) is 10.9 Å². The molecule has 6 nitrogen and oxygen atoms in total. The second-order valence-corrected chi connectivity index (χ2v) is 8.43. The number of hydrogen-bond acceptors (Lipinski definition) is 5. The number of benzene rings is 2. The molecular formula is C23H21FN4O2S. The minimum Gasteiger partial charge on any atom is -0.346 e. The van der Waals surface area contributed by atoms with Crippen LogP contribution in [0.3, 0.4) is 0 Å². The minimum atomic E-state index is -0.373. The van der Waals surface area contributed by atoms with Gasteiger partial charge in [0, 0.05) is 29.6 Å². The van der Waals surface area contributed by atoms with Crippen molar-refractivity contribution in [3.05, 3.63) is 93.2 Å². The highest BCUT2D eigenvalue weighted by atomic mass is 32.2. The van der Waals surface area contributed by atoms with Crippen LogP contribution in [-0.4, -0.2) is 39.7 Å². The van der Waals surface area contributed by atoms with Gasteiger partial charge in [-0.15, -0.1) is 0 Å². The van der Waals surface area contributed by atoms with Gasteiger partial charge >= 0.3 is 0 Å². The Bertz CT molecular complexity index is 1280. The van der Waals surface area contributed by atoms with Crippen LogP contribution in [0.15, 0.2) is 64.7 Å². The van der Waals surface area contributed by atoms with E-state index in [0.717, 1.165) is 11.1 Å². The SMILES string of the molecule is CN(C)Cc1c[nH]c2nc(SCc3ccc(C(=O)c4ccc(F)cc4)cc3)[nH]c(=O)c12. The number of rotatable bonds is 7. The van der Waals surface area contributed by atoms with E-state index in [9.17, 15) is 14.0 Å². The number of thioether (sulfide) groups is 1. The molecule has 8 heteroatoms. The number of aromatic nitrogens is 3. The normalized spacial score (nSPS) is 11.4. The zero-order chi connectivity index (χ0) is 22.0. The summed E-state index contributed by atoms with van der Waals surface area (Å²) in [6.45, 7) is 0.653. The van der Waals surface area contributed by atoms with Gasteiger partial charge in [-0.05, 0) is 49.5 Å². The van der Waals surface area contributed by atoms with Crippen molar-refractivity contribution in [2.24, 2.45) is 0 Å². The molecule has 0 aliphatic carbocycles. The summed E-state index contributed by atoms with van der Waals surface area (Å²) in [7, 11) is 3.90. The van der Waals surface area contributed by atoms with E-state index in [0.29, 0.717) is 39.6 Å². The highest BCUT2D eigenvalue weighted by Crippen LogP contribution is 2.22. The van der Waals surface area contributed by atoms with Crippen LogP contribution in [0.4, 0.5) is 4.39 Å². The van der Waals surface area contributed by atoms with Crippen molar-refractivity contribution in [3.63, 3.8) is 0 Å². The second kappa shape index (κ2) is 8.87. The van der Waals surface area contributed by atoms with Crippen LogP contribution in [0.1, 0.15) is 27.0 Å². The Balaban J connectivity index is 1.45. The monoisotopic (exact) mass is 436 g/mol. The van der Waals surface area contributed by atoms with Crippen LogP contribution < -0.4 is 5.56 Å². The lowest BCUT2D eigenvalue weighted by molar-refractivity contribution is 0.103. The lowest BCUT2D eigenvalue weighted by atomic mass is 10.0. The molecule has 0 bridgehead atoms. The van der Waals surface area contributed by atoms with Crippen LogP contribution >= 0.6 is 11.8 Å². The molecule has 0 amide bonds. The van der Waals surface area contributed by atoms with Gasteiger partial charge in [-0.2, -0.15) is 0 Å². The number of hydrogen-bond donors (Lipinski definition) is 2. The molecule has 0 radical (unpaired) electrons. The first-order chi connectivity index (χ1) is 14.9.